The van der Waals surface area contributed by atoms with Crippen LogP contribution in [0.2, 0.25) is 0 Å². The predicted octanol–water partition coefficient (Wildman–Crippen LogP) is 0.885. The van der Waals surface area contributed by atoms with Gasteiger partial charge < -0.3 is 24.8 Å². The Labute approximate surface area is 136 Å². The number of hydrogen-bond donors (Lipinski definition) is 2. The van der Waals surface area contributed by atoms with Crippen molar-refractivity contribution in [3.63, 3.8) is 0 Å². The number of fused-ring (bicyclic) bond motifs is 1. The van der Waals surface area contributed by atoms with E-state index in [2.05, 4.69) is 10.6 Å². The molecule has 1 amide bonds. The van der Waals surface area contributed by atoms with Crippen LogP contribution in [-0.4, -0.2) is 51.5 Å². The van der Waals surface area contributed by atoms with E-state index in [1.54, 1.807) is 0 Å². The first kappa shape index (κ1) is 16.1. The molecule has 1 aromatic rings. The molecule has 0 saturated carbocycles. The Bertz CT molecular complexity index is 529. The van der Waals surface area contributed by atoms with Crippen molar-refractivity contribution in [2.24, 2.45) is 0 Å². The van der Waals surface area contributed by atoms with Crippen LogP contribution in [0.1, 0.15) is 18.4 Å². The average molecular weight is 320 g/mol. The van der Waals surface area contributed by atoms with E-state index in [1.165, 1.54) is 0 Å². The van der Waals surface area contributed by atoms with Crippen molar-refractivity contribution in [3.8, 4) is 11.5 Å². The van der Waals surface area contributed by atoms with Crippen LogP contribution in [0.4, 0.5) is 0 Å². The lowest BCUT2D eigenvalue weighted by Gasteiger charge is -2.18. The molecule has 0 spiro atoms. The summed E-state index contributed by atoms with van der Waals surface area (Å²) in [4.78, 5) is 11.8. The van der Waals surface area contributed by atoms with Gasteiger partial charge in [-0.3, -0.25) is 4.79 Å². The molecule has 0 aromatic heterocycles. The molecule has 2 aliphatic rings. The quantitative estimate of drug-likeness (QED) is 0.781. The zero-order valence-electron chi connectivity index (χ0n) is 13.3. The molecule has 0 radical (unpaired) electrons. The molecule has 1 unspecified atom stereocenters. The molecule has 3 rings (SSSR count). The number of carbonyl (C=O) groups is 1. The van der Waals surface area contributed by atoms with Crippen LogP contribution >= 0.6 is 0 Å². The summed E-state index contributed by atoms with van der Waals surface area (Å²) in [6.45, 7) is 3.72. The van der Waals surface area contributed by atoms with Crippen LogP contribution in [0.3, 0.4) is 0 Å². The maximum absolute atomic E-state index is 11.8. The van der Waals surface area contributed by atoms with Crippen LogP contribution in [-0.2, 0) is 16.0 Å². The van der Waals surface area contributed by atoms with Crippen molar-refractivity contribution < 1.29 is 19.0 Å². The van der Waals surface area contributed by atoms with Crippen molar-refractivity contribution in [3.05, 3.63) is 23.8 Å². The van der Waals surface area contributed by atoms with Gasteiger partial charge in [0, 0.05) is 19.7 Å². The van der Waals surface area contributed by atoms with Gasteiger partial charge in [0.05, 0.1) is 12.6 Å². The second-order valence-corrected chi connectivity index (χ2v) is 5.84. The standard InChI is InChI=1S/C17H24N2O4/c20-17(12-18-11-14-2-1-7-21-14)19-6-5-13-3-4-15-16(10-13)23-9-8-22-15/h3-4,10,14,18H,1-2,5-9,11-12H2,(H,19,20). The summed E-state index contributed by atoms with van der Waals surface area (Å²) in [5.41, 5.74) is 1.13. The monoisotopic (exact) mass is 320 g/mol. The van der Waals surface area contributed by atoms with Gasteiger partial charge in [0.2, 0.25) is 5.91 Å². The lowest BCUT2D eigenvalue weighted by Crippen LogP contribution is -2.37. The number of nitrogens with one attached hydrogen (secondary N) is 2. The van der Waals surface area contributed by atoms with Crippen LogP contribution in [0, 0.1) is 0 Å². The van der Waals surface area contributed by atoms with Gasteiger partial charge >= 0.3 is 0 Å². The summed E-state index contributed by atoms with van der Waals surface area (Å²) in [7, 11) is 0. The Hall–Kier alpha value is -1.79. The summed E-state index contributed by atoms with van der Waals surface area (Å²) in [6.07, 6.45) is 3.24. The van der Waals surface area contributed by atoms with Gasteiger partial charge in [-0.1, -0.05) is 6.07 Å². The molecule has 6 nitrogen and oxygen atoms in total. The molecule has 126 valence electrons. The molecular formula is C17H24N2O4. The molecule has 0 aliphatic carbocycles. The smallest absolute Gasteiger partial charge is 0.233 e. The SMILES string of the molecule is O=C(CNCC1CCCO1)NCCc1ccc2c(c1)OCCO2. The molecule has 1 saturated heterocycles. The van der Waals surface area contributed by atoms with Crippen LogP contribution in [0.5, 0.6) is 11.5 Å². The van der Waals surface area contributed by atoms with Gasteiger partial charge in [0.1, 0.15) is 13.2 Å². The van der Waals surface area contributed by atoms with E-state index >= 15 is 0 Å². The molecule has 6 heteroatoms. The number of amides is 1. The van der Waals surface area contributed by atoms with E-state index in [4.69, 9.17) is 14.2 Å². The summed E-state index contributed by atoms with van der Waals surface area (Å²) < 4.78 is 16.6. The second kappa shape index (κ2) is 8.17. The number of rotatable bonds is 7. The minimum atomic E-state index is 0.0144. The zero-order valence-corrected chi connectivity index (χ0v) is 13.3. The van der Waals surface area contributed by atoms with Crippen LogP contribution in [0.15, 0.2) is 18.2 Å². The molecule has 0 bridgehead atoms. The van der Waals surface area contributed by atoms with Crippen molar-refractivity contribution in [2.45, 2.75) is 25.4 Å². The molecule has 1 aromatic carbocycles. The first-order valence-corrected chi connectivity index (χ1v) is 8.29. The van der Waals surface area contributed by atoms with E-state index < -0.39 is 0 Å². The maximum Gasteiger partial charge on any atom is 0.233 e. The van der Waals surface area contributed by atoms with Crippen molar-refractivity contribution in [1.29, 1.82) is 0 Å². The molecule has 1 fully saturated rings. The third-order valence-corrected chi connectivity index (χ3v) is 4.02. The summed E-state index contributed by atoms with van der Waals surface area (Å²) in [5, 5.41) is 6.07. The third kappa shape index (κ3) is 4.84. The van der Waals surface area contributed by atoms with Crippen LogP contribution < -0.4 is 20.1 Å². The predicted molar refractivity (Wildman–Crippen MR) is 86.0 cm³/mol. The highest BCUT2D eigenvalue weighted by molar-refractivity contribution is 5.77. The van der Waals surface area contributed by atoms with E-state index in [0.717, 1.165) is 49.5 Å². The van der Waals surface area contributed by atoms with E-state index in [1.807, 2.05) is 18.2 Å². The van der Waals surface area contributed by atoms with Gasteiger partial charge in [-0.25, -0.2) is 0 Å². The number of benzene rings is 1. The van der Waals surface area contributed by atoms with Crippen molar-refractivity contribution in [2.75, 3.05) is 39.5 Å². The highest BCUT2D eigenvalue weighted by atomic mass is 16.6. The number of hydrogen-bond acceptors (Lipinski definition) is 5. The van der Waals surface area contributed by atoms with Gasteiger partial charge in [0.15, 0.2) is 11.5 Å². The molecule has 2 N–H and O–H groups in total. The fraction of sp³-hybridized carbons (Fsp3) is 0.588. The van der Waals surface area contributed by atoms with E-state index in [9.17, 15) is 4.79 Å². The second-order valence-electron chi connectivity index (χ2n) is 5.84. The summed E-state index contributed by atoms with van der Waals surface area (Å²) in [6, 6.07) is 5.92. The van der Waals surface area contributed by atoms with Gasteiger partial charge in [0.25, 0.3) is 0 Å². The van der Waals surface area contributed by atoms with Crippen molar-refractivity contribution >= 4 is 5.91 Å². The first-order chi connectivity index (χ1) is 11.3. The lowest BCUT2D eigenvalue weighted by molar-refractivity contribution is -0.120. The van der Waals surface area contributed by atoms with Gasteiger partial charge in [-0.2, -0.15) is 0 Å². The molecule has 2 aliphatic heterocycles. The minimum Gasteiger partial charge on any atom is -0.486 e. The van der Waals surface area contributed by atoms with Crippen LogP contribution in [0.25, 0.3) is 0 Å². The highest BCUT2D eigenvalue weighted by Gasteiger charge is 2.15. The highest BCUT2D eigenvalue weighted by Crippen LogP contribution is 2.30. The van der Waals surface area contributed by atoms with Crippen molar-refractivity contribution in [1.82, 2.24) is 10.6 Å². The number of ether oxygens (including phenoxy) is 3. The average Bonchev–Trinajstić information content (AvgIpc) is 3.08. The Kier molecular flexibility index (Phi) is 5.71. The normalized spacial score (nSPS) is 19.6. The van der Waals surface area contributed by atoms with Gasteiger partial charge in [-0.15, -0.1) is 0 Å². The maximum atomic E-state index is 11.8. The fourth-order valence-electron chi connectivity index (χ4n) is 2.80. The molecule has 23 heavy (non-hydrogen) atoms. The Morgan fingerprint density at radius 3 is 2.87 bits per heavy atom. The summed E-state index contributed by atoms with van der Waals surface area (Å²) >= 11 is 0. The minimum absolute atomic E-state index is 0.0144. The Morgan fingerprint density at radius 1 is 1.17 bits per heavy atom. The Balaban J connectivity index is 1.33. The zero-order chi connectivity index (χ0) is 15.9. The lowest BCUT2D eigenvalue weighted by atomic mass is 10.1. The first-order valence-electron chi connectivity index (χ1n) is 8.29. The molecular weight excluding hydrogens is 296 g/mol. The fourth-order valence-corrected chi connectivity index (χ4v) is 2.80. The molecule has 1 atom stereocenters. The molecule has 2 heterocycles. The Morgan fingerprint density at radius 2 is 2.04 bits per heavy atom. The summed E-state index contributed by atoms with van der Waals surface area (Å²) in [5.74, 6) is 1.60. The topological polar surface area (TPSA) is 68.8 Å². The van der Waals surface area contributed by atoms with Gasteiger partial charge in [-0.05, 0) is 37.0 Å². The third-order valence-electron chi connectivity index (χ3n) is 4.02. The largest absolute Gasteiger partial charge is 0.486 e. The van der Waals surface area contributed by atoms with E-state index in [0.29, 0.717) is 26.3 Å². The van der Waals surface area contributed by atoms with E-state index in [-0.39, 0.29) is 12.0 Å². The number of carbonyl (C=O) groups excluding carboxylic acids is 1.